The lowest BCUT2D eigenvalue weighted by Gasteiger charge is -2.25. The molecule has 3 nitrogen and oxygen atoms in total. The fraction of sp³-hybridized carbons (Fsp3) is 0.545. The summed E-state index contributed by atoms with van der Waals surface area (Å²) < 4.78 is 5.26. The number of nitrogens with zero attached hydrogens (tertiary/aromatic N) is 1. The van der Waals surface area contributed by atoms with Crippen molar-refractivity contribution in [1.29, 1.82) is 0 Å². The van der Waals surface area contributed by atoms with Crippen LogP contribution in [0.4, 0.5) is 0 Å². The van der Waals surface area contributed by atoms with Gasteiger partial charge in [0.1, 0.15) is 6.54 Å². The van der Waals surface area contributed by atoms with Crippen molar-refractivity contribution in [1.82, 2.24) is 0 Å². The number of terminal acetylenes is 1. The van der Waals surface area contributed by atoms with E-state index < -0.39 is 0 Å². The molecule has 0 aliphatic rings. The van der Waals surface area contributed by atoms with E-state index in [-0.39, 0.29) is 19.1 Å². The van der Waals surface area contributed by atoms with E-state index in [0.29, 0.717) is 11.0 Å². The first-order chi connectivity index (χ1) is 6.52. The number of ether oxygens (including phenoxy) is 1. The minimum atomic E-state index is -0.286. The Morgan fingerprint density at radius 1 is 1.50 bits per heavy atom. The summed E-state index contributed by atoms with van der Waals surface area (Å²) >= 11 is 0. The molecule has 0 N–H and O–H groups in total. The zero-order valence-electron chi connectivity index (χ0n) is 8.96. The smallest absolute Gasteiger partial charge is 0.362 e. The number of quaternary nitrogens is 1. The zero-order valence-corrected chi connectivity index (χ0v) is 8.96. The van der Waals surface area contributed by atoms with Gasteiger partial charge in [-0.1, -0.05) is 5.92 Å². The van der Waals surface area contributed by atoms with Gasteiger partial charge in [0, 0.05) is 0 Å². The van der Waals surface area contributed by atoms with E-state index in [0.717, 1.165) is 0 Å². The summed E-state index contributed by atoms with van der Waals surface area (Å²) in [6.07, 6.45) is 4.97. The average molecular weight is 194 g/mol. The second-order valence-corrected chi connectivity index (χ2v) is 3.54. The number of rotatable bonds is 4. The molecule has 0 aliphatic heterocycles. The van der Waals surface area contributed by atoms with Gasteiger partial charge < -0.3 is 9.22 Å². The van der Waals surface area contributed by atoms with Crippen molar-refractivity contribution in [2.75, 3.05) is 33.8 Å². The number of hydrogen-bond donors (Lipinski definition) is 0. The maximum atomic E-state index is 11.2. The van der Waals surface area contributed by atoms with Crippen LogP contribution in [0.1, 0.15) is 6.92 Å². The van der Waals surface area contributed by atoms with Gasteiger partial charge >= 0.3 is 5.97 Å². The molecule has 14 heavy (non-hydrogen) atoms. The summed E-state index contributed by atoms with van der Waals surface area (Å²) in [5.74, 6) is 7.68. The lowest BCUT2D eigenvalue weighted by molar-refractivity contribution is -0.875. The number of esters is 1. The second-order valence-electron chi connectivity index (χ2n) is 3.54. The summed E-state index contributed by atoms with van der Waals surface area (Å²) in [5.41, 5.74) is 0. The topological polar surface area (TPSA) is 26.3 Å². The Balaban J connectivity index is 4.00. The molecule has 0 aromatic carbocycles. The lowest BCUT2D eigenvalue weighted by Crippen LogP contribution is -2.44. The van der Waals surface area contributed by atoms with E-state index in [9.17, 15) is 4.79 Å². The first-order valence-corrected chi connectivity index (χ1v) is 4.32. The molecule has 3 heteroatoms. The molecule has 0 aliphatic carbocycles. The van der Waals surface area contributed by atoms with Crippen LogP contribution in [-0.4, -0.2) is 44.2 Å². The average Bonchev–Trinajstić information content (AvgIpc) is 2.11. The Morgan fingerprint density at radius 2 is 2.14 bits per heavy atom. The molecular weight excluding hydrogens is 178 g/mol. The van der Waals surface area contributed by atoms with E-state index in [1.54, 1.807) is 6.92 Å². The molecule has 76 valence electrons. The molecule has 0 aromatic rings. The third-order valence-corrected chi connectivity index (χ3v) is 1.56. The van der Waals surface area contributed by atoms with Crippen molar-refractivity contribution in [2.24, 2.45) is 0 Å². The summed E-state index contributed by atoms with van der Waals surface area (Å²) in [5, 5.41) is 0. The molecule has 0 saturated heterocycles. The highest BCUT2D eigenvalue weighted by molar-refractivity contribution is 5.70. The fourth-order valence-corrected chi connectivity index (χ4v) is 0.866. The minimum absolute atomic E-state index is 0.0400. The van der Waals surface area contributed by atoms with Gasteiger partial charge in [0.05, 0.1) is 14.1 Å². The van der Waals surface area contributed by atoms with Crippen LogP contribution in [0.15, 0.2) is 0 Å². The van der Waals surface area contributed by atoms with Crippen LogP contribution in [0.5, 0.6) is 0 Å². The van der Waals surface area contributed by atoms with Gasteiger partial charge in [0.25, 0.3) is 0 Å². The first-order valence-electron chi connectivity index (χ1n) is 4.32. The van der Waals surface area contributed by atoms with Gasteiger partial charge in [-0.3, -0.25) is 0 Å². The van der Waals surface area contributed by atoms with E-state index in [2.05, 4.69) is 17.8 Å². The van der Waals surface area contributed by atoms with Crippen LogP contribution in [0.25, 0.3) is 0 Å². The Hall–Kier alpha value is -1.45. The molecular formula is C11H16NO2+. The van der Waals surface area contributed by atoms with E-state index >= 15 is 0 Å². The minimum Gasteiger partial charge on any atom is -0.448 e. The predicted molar refractivity (Wildman–Crippen MR) is 55.1 cm³/mol. The highest BCUT2D eigenvalue weighted by Gasteiger charge is 2.19. The van der Waals surface area contributed by atoms with Gasteiger partial charge in [0.2, 0.25) is 0 Å². The van der Waals surface area contributed by atoms with Crippen molar-refractivity contribution in [3.05, 3.63) is 0 Å². The van der Waals surface area contributed by atoms with Crippen molar-refractivity contribution in [3.63, 3.8) is 0 Å². The fourth-order valence-electron chi connectivity index (χ4n) is 0.866. The molecule has 0 fully saturated rings. The third-order valence-electron chi connectivity index (χ3n) is 1.56. The molecule has 0 bridgehead atoms. The summed E-state index contributed by atoms with van der Waals surface area (Å²) in [7, 11) is 3.84. The molecule has 0 spiro atoms. The van der Waals surface area contributed by atoms with Crippen LogP contribution < -0.4 is 0 Å². The Kier molecular flexibility index (Phi) is 5.44. The molecule has 0 amide bonds. The van der Waals surface area contributed by atoms with Crippen LogP contribution in [-0.2, 0) is 9.53 Å². The van der Waals surface area contributed by atoms with Crippen molar-refractivity contribution in [2.45, 2.75) is 6.92 Å². The highest BCUT2D eigenvalue weighted by Crippen LogP contribution is 1.96. The number of carbonyl (C=O) groups excluding carboxylic acids is 1. The van der Waals surface area contributed by atoms with Crippen LogP contribution in [0, 0.1) is 24.2 Å². The number of likely N-dealkylation sites (N-methyl/N-ethyl adjacent to an activating group) is 1. The summed E-state index contributed by atoms with van der Waals surface area (Å²) in [4.78, 5) is 11.2. The molecule has 0 saturated carbocycles. The van der Waals surface area contributed by atoms with Gasteiger partial charge in [-0.25, -0.2) is 4.79 Å². The van der Waals surface area contributed by atoms with Crippen LogP contribution in [0.2, 0.25) is 0 Å². The van der Waals surface area contributed by atoms with E-state index in [4.69, 9.17) is 11.2 Å². The second kappa shape index (κ2) is 6.07. The van der Waals surface area contributed by atoms with Gasteiger partial charge in [-0.05, 0) is 12.8 Å². The number of hydrogen-bond acceptors (Lipinski definition) is 2. The third kappa shape index (κ3) is 6.11. The lowest BCUT2D eigenvalue weighted by atomic mass is 10.4. The maximum absolute atomic E-state index is 11.2. The van der Waals surface area contributed by atoms with E-state index in [1.165, 1.54) is 0 Å². The largest absolute Gasteiger partial charge is 0.448 e. The molecule has 0 rings (SSSR count). The normalized spacial score (nSPS) is 9.57. The monoisotopic (exact) mass is 194 g/mol. The first kappa shape index (κ1) is 12.6. The Labute approximate surface area is 85.6 Å². The van der Waals surface area contributed by atoms with Crippen LogP contribution >= 0.6 is 0 Å². The predicted octanol–water partition coefficient (Wildman–Crippen LogP) is 0.262. The molecule has 0 heterocycles. The van der Waals surface area contributed by atoms with Crippen LogP contribution in [0.3, 0.4) is 0 Å². The summed E-state index contributed by atoms with van der Waals surface area (Å²) in [6, 6.07) is 0. The van der Waals surface area contributed by atoms with Crippen molar-refractivity contribution < 1.29 is 14.0 Å². The van der Waals surface area contributed by atoms with Crippen molar-refractivity contribution in [3.8, 4) is 24.2 Å². The van der Waals surface area contributed by atoms with E-state index in [1.807, 2.05) is 14.1 Å². The molecule has 0 aromatic heterocycles. The quantitative estimate of drug-likeness (QED) is 0.364. The Bertz CT molecular complexity index is 289. The molecule has 0 radical (unpaired) electrons. The van der Waals surface area contributed by atoms with Gasteiger partial charge in [-0.2, -0.15) is 0 Å². The molecule has 0 atom stereocenters. The number of carbonyl (C=O) groups is 1. The molecule has 0 unspecified atom stereocenters. The maximum Gasteiger partial charge on any atom is 0.362 e. The standard InChI is InChI=1S/C11H16NO2/c1-5-7-8-12(3,4)10-11(13)14-9-6-2/h2H,8-10H2,1,3-4H3/q+1. The van der Waals surface area contributed by atoms with Gasteiger partial charge in [-0.15, -0.1) is 12.3 Å². The highest BCUT2D eigenvalue weighted by atomic mass is 16.5. The van der Waals surface area contributed by atoms with Crippen molar-refractivity contribution >= 4 is 5.97 Å². The SMILES string of the molecule is C#CCOC(=O)C[N+](C)(C)CC#CC. The zero-order chi connectivity index (χ0) is 11.0. The summed E-state index contributed by atoms with van der Waals surface area (Å²) in [6.45, 7) is 2.73. The Morgan fingerprint density at radius 3 is 2.64 bits per heavy atom. The van der Waals surface area contributed by atoms with Gasteiger partial charge in [0.15, 0.2) is 13.2 Å².